The number of imidazole rings is 1. The van der Waals surface area contributed by atoms with E-state index in [2.05, 4.69) is 18.1 Å². The third-order valence-electron chi connectivity index (χ3n) is 5.09. The fourth-order valence-electron chi connectivity index (χ4n) is 3.69. The maximum absolute atomic E-state index is 13.1. The fourth-order valence-corrected chi connectivity index (χ4v) is 3.69. The number of benzene rings is 1. The first-order chi connectivity index (χ1) is 13.2. The molecule has 0 radical (unpaired) electrons. The molecule has 3 aromatic rings. The summed E-state index contributed by atoms with van der Waals surface area (Å²) in [5, 5.41) is 4.09. The van der Waals surface area contributed by atoms with Gasteiger partial charge in [-0.05, 0) is 77.1 Å². The molecule has 6 heteroatoms. The molecule has 0 spiro atoms. The number of hydrogen-bond donors (Lipinski definition) is 0. The third kappa shape index (κ3) is 3.21. The van der Waals surface area contributed by atoms with Crippen LogP contribution in [0.25, 0.3) is 22.2 Å². The Morgan fingerprint density at radius 3 is 2.54 bits per heavy atom. The lowest BCUT2D eigenvalue weighted by molar-refractivity contribution is 0.0539. The normalized spacial score (nSPS) is 14.6. The van der Waals surface area contributed by atoms with Crippen molar-refractivity contribution in [1.82, 2.24) is 14.7 Å². The summed E-state index contributed by atoms with van der Waals surface area (Å²) in [5.41, 5.74) is 5.02. The second-order valence-electron chi connectivity index (χ2n) is 8.62. The number of nitrogens with zero attached hydrogens (tertiary/aromatic N) is 3. The molecule has 2 aromatic heterocycles. The van der Waals surface area contributed by atoms with E-state index in [1.807, 2.05) is 40.7 Å². The smallest absolute Gasteiger partial charge is 0.420 e. The molecule has 1 aliphatic rings. The highest BCUT2D eigenvalue weighted by molar-refractivity contribution is 5.93. The summed E-state index contributed by atoms with van der Waals surface area (Å²) in [7, 11) is 0. The predicted molar refractivity (Wildman–Crippen MR) is 108 cm³/mol. The monoisotopic (exact) mass is 381 g/mol. The Labute approximate surface area is 164 Å². The van der Waals surface area contributed by atoms with Crippen LogP contribution in [0.3, 0.4) is 0 Å². The predicted octanol–water partition coefficient (Wildman–Crippen LogP) is 5.53. The molecule has 0 unspecified atom stereocenters. The summed E-state index contributed by atoms with van der Waals surface area (Å²) in [6.45, 7) is 11.6. The van der Waals surface area contributed by atoms with Gasteiger partial charge in [-0.3, -0.25) is 0 Å². The van der Waals surface area contributed by atoms with Crippen LogP contribution >= 0.6 is 0 Å². The van der Waals surface area contributed by atoms with Crippen molar-refractivity contribution >= 4 is 17.1 Å². The largest absolute Gasteiger partial charge is 0.443 e. The molecule has 0 amide bonds. The number of carbonyl (C=O) groups excluding carboxylic acids is 1. The molecular formula is C22H27N3O3. The second-order valence-corrected chi connectivity index (χ2v) is 8.62. The first-order valence-electron chi connectivity index (χ1n) is 9.91. The van der Waals surface area contributed by atoms with Crippen molar-refractivity contribution in [3.63, 3.8) is 0 Å². The first-order valence-corrected chi connectivity index (χ1v) is 9.91. The van der Waals surface area contributed by atoms with E-state index in [1.165, 1.54) is 0 Å². The molecule has 0 saturated heterocycles. The Hall–Kier alpha value is -2.63. The first kappa shape index (κ1) is 18.7. The highest BCUT2D eigenvalue weighted by Gasteiger charge is 2.34. The van der Waals surface area contributed by atoms with Crippen molar-refractivity contribution in [3.05, 3.63) is 35.0 Å². The topological polar surface area (TPSA) is 70.2 Å². The van der Waals surface area contributed by atoms with Gasteiger partial charge in [0.25, 0.3) is 0 Å². The van der Waals surface area contributed by atoms with Crippen LogP contribution < -0.4 is 0 Å². The number of fused-ring (bicyclic) bond motifs is 1. The van der Waals surface area contributed by atoms with Crippen LogP contribution in [0.2, 0.25) is 0 Å². The highest BCUT2D eigenvalue weighted by Crippen LogP contribution is 2.42. The van der Waals surface area contributed by atoms with Crippen molar-refractivity contribution in [2.24, 2.45) is 0 Å². The van der Waals surface area contributed by atoms with Gasteiger partial charge in [-0.2, -0.15) is 0 Å². The minimum Gasteiger partial charge on any atom is -0.443 e. The molecule has 28 heavy (non-hydrogen) atoms. The van der Waals surface area contributed by atoms with E-state index in [1.54, 1.807) is 4.57 Å². The fraction of sp³-hybridized carbons (Fsp3) is 0.500. The van der Waals surface area contributed by atoms with Crippen LogP contribution in [-0.2, 0) is 11.2 Å². The molecular weight excluding hydrogens is 354 g/mol. The number of rotatable bonds is 3. The van der Waals surface area contributed by atoms with Crippen LogP contribution in [0.4, 0.5) is 4.79 Å². The number of aryl methyl sites for hydroxylation is 3. The van der Waals surface area contributed by atoms with Crippen LogP contribution in [0.15, 0.2) is 16.7 Å². The number of ether oxygens (including phenoxy) is 1. The quantitative estimate of drug-likeness (QED) is 0.596. The molecule has 0 N–H and O–H groups in total. The summed E-state index contributed by atoms with van der Waals surface area (Å²) in [6, 6.07) is 4.15. The lowest BCUT2D eigenvalue weighted by Crippen LogP contribution is -2.28. The van der Waals surface area contributed by atoms with Gasteiger partial charge in [-0.1, -0.05) is 12.1 Å². The summed E-state index contributed by atoms with van der Waals surface area (Å²) in [5.74, 6) is 1.91. The average Bonchev–Trinajstić information content (AvgIpc) is 3.29. The Morgan fingerprint density at radius 1 is 1.29 bits per heavy atom. The van der Waals surface area contributed by atoms with Crippen molar-refractivity contribution in [3.8, 4) is 11.1 Å². The van der Waals surface area contributed by atoms with E-state index in [9.17, 15) is 4.79 Å². The number of aromatic nitrogens is 3. The zero-order valence-corrected chi connectivity index (χ0v) is 17.4. The molecule has 4 rings (SSSR count). The third-order valence-corrected chi connectivity index (χ3v) is 5.09. The van der Waals surface area contributed by atoms with Gasteiger partial charge in [0, 0.05) is 11.5 Å². The van der Waals surface area contributed by atoms with Crippen molar-refractivity contribution in [2.45, 2.75) is 72.3 Å². The molecule has 0 aliphatic heterocycles. The molecule has 1 saturated carbocycles. The molecule has 1 aromatic carbocycles. The SMILES string of the molecule is CCc1cc(-c2c(C)noc2C)cc2c1nc(C1CC1)n2C(=O)OC(C)(C)C. The van der Waals surface area contributed by atoms with Gasteiger partial charge in [0.2, 0.25) is 0 Å². The summed E-state index contributed by atoms with van der Waals surface area (Å²) in [4.78, 5) is 18.0. The van der Waals surface area contributed by atoms with Crippen LogP contribution in [0, 0.1) is 13.8 Å². The van der Waals surface area contributed by atoms with E-state index < -0.39 is 5.60 Å². The van der Waals surface area contributed by atoms with Crippen LogP contribution in [0.5, 0.6) is 0 Å². The lowest BCUT2D eigenvalue weighted by atomic mass is 9.99. The minimum atomic E-state index is -0.568. The molecule has 148 valence electrons. The van der Waals surface area contributed by atoms with E-state index in [0.717, 1.165) is 64.3 Å². The Morgan fingerprint density at radius 2 is 2.00 bits per heavy atom. The summed E-state index contributed by atoms with van der Waals surface area (Å²) >= 11 is 0. The van der Waals surface area contributed by atoms with Crippen molar-refractivity contribution in [1.29, 1.82) is 0 Å². The zero-order chi connectivity index (χ0) is 20.2. The Bertz CT molecular complexity index is 1050. The summed E-state index contributed by atoms with van der Waals surface area (Å²) < 4.78 is 12.8. The second kappa shape index (κ2) is 6.47. The number of hydrogen-bond acceptors (Lipinski definition) is 5. The van der Waals surface area contributed by atoms with Gasteiger partial charge in [-0.25, -0.2) is 14.3 Å². The van der Waals surface area contributed by atoms with E-state index in [4.69, 9.17) is 14.2 Å². The van der Waals surface area contributed by atoms with Gasteiger partial charge >= 0.3 is 6.09 Å². The van der Waals surface area contributed by atoms with Gasteiger partial charge in [0.05, 0.1) is 16.7 Å². The van der Waals surface area contributed by atoms with E-state index in [0.29, 0.717) is 5.92 Å². The Balaban J connectivity index is 1.97. The maximum Gasteiger partial charge on any atom is 0.420 e. The molecule has 2 heterocycles. The van der Waals surface area contributed by atoms with Gasteiger partial charge in [0.1, 0.15) is 17.2 Å². The zero-order valence-electron chi connectivity index (χ0n) is 17.4. The Kier molecular flexibility index (Phi) is 4.32. The van der Waals surface area contributed by atoms with Gasteiger partial charge in [-0.15, -0.1) is 0 Å². The molecule has 1 aliphatic carbocycles. The minimum absolute atomic E-state index is 0.326. The average molecular weight is 381 g/mol. The lowest BCUT2D eigenvalue weighted by Gasteiger charge is -2.20. The summed E-state index contributed by atoms with van der Waals surface area (Å²) in [6.07, 6.45) is 2.58. The van der Waals surface area contributed by atoms with Crippen LogP contribution in [0.1, 0.15) is 69.3 Å². The van der Waals surface area contributed by atoms with E-state index in [-0.39, 0.29) is 6.09 Å². The van der Waals surface area contributed by atoms with E-state index >= 15 is 0 Å². The van der Waals surface area contributed by atoms with Gasteiger partial charge < -0.3 is 9.26 Å². The molecule has 0 bridgehead atoms. The van der Waals surface area contributed by atoms with Crippen LogP contribution in [-0.4, -0.2) is 26.4 Å². The standard InChI is InChI=1S/C22H27N3O3/c1-7-14-10-16(18-12(2)24-28-13(18)3)11-17-19(14)23-20(15-8-9-15)25(17)21(26)27-22(4,5)6/h10-11,15H,7-9H2,1-6H3. The highest BCUT2D eigenvalue weighted by atomic mass is 16.6. The molecule has 0 atom stereocenters. The van der Waals surface area contributed by atoms with Gasteiger partial charge in [0.15, 0.2) is 0 Å². The molecule has 6 nitrogen and oxygen atoms in total. The van der Waals surface area contributed by atoms with Crippen molar-refractivity contribution < 1.29 is 14.1 Å². The van der Waals surface area contributed by atoms with Crippen molar-refractivity contribution in [2.75, 3.05) is 0 Å². The molecule has 1 fully saturated rings. The maximum atomic E-state index is 13.1. The number of carbonyl (C=O) groups is 1.